The fraction of sp³-hybridized carbons (Fsp3) is 0.200. The molecule has 0 amide bonds. The molecule has 0 saturated heterocycles. The first kappa shape index (κ1) is 13.8. The predicted octanol–water partition coefficient (Wildman–Crippen LogP) is 5.53. The minimum Gasteiger partial charge on any atom is -0.457 e. The zero-order valence-corrected chi connectivity index (χ0v) is 11.3. The van der Waals surface area contributed by atoms with E-state index in [9.17, 15) is 8.78 Å². The summed E-state index contributed by atoms with van der Waals surface area (Å²) in [6, 6.07) is 8.70. The van der Waals surface area contributed by atoms with Crippen LogP contribution in [0.2, 0.25) is 5.02 Å². The molecule has 100 valence electrons. The second-order valence-corrected chi connectivity index (χ2v) is 4.92. The van der Waals surface area contributed by atoms with Crippen LogP contribution in [0.4, 0.5) is 8.78 Å². The van der Waals surface area contributed by atoms with Gasteiger partial charge < -0.3 is 4.74 Å². The third kappa shape index (κ3) is 3.24. The second kappa shape index (κ2) is 5.57. The van der Waals surface area contributed by atoms with E-state index in [4.69, 9.17) is 16.3 Å². The van der Waals surface area contributed by atoms with Crippen molar-refractivity contribution >= 4 is 11.6 Å². The zero-order chi connectivity index (χ0) is 14.0. The molecule has 0 fully saturated rings. The van der Waals surface area contributed by atoms with Crippen LogP contribution in [0.25, 0.3) is 0 Å². The lowest BCUT2D eigenvalue weighted by atomic mass is 10.0. The summed E-state index contributed by atoms with van der Waals surface area (Å²) in [6.07, 6.45) is 0. The summed E-state index contributed by atoms with van der Waals surface area (Å²) in [4.78, 5) is 0. The molecule has 0 aromatic heterocycles. The monoisotopic (exact) mass is 282 g/mol. The van der Waals surface area contributed by atoms with E-state index in [1.807, 2.05) is 13.8 Å². The van der Waals surface area contributed by atoms with Crippen LogP contribution in [0.15, 0.2) is 36.4 Å². The largest absolute Gasteiger partial charge is 0.457 e. The molecule has 0 saturated carbocycles. The van der Waals surface area contributed by atoms with Gasteiger partial charge in [0.25, 0.3) is 0 Å². The second-order valence-electron chi connectivity index (χ2n) is 4.52. The third-order valence-electron chi connectivity index (χ3n) is 2.72. The summed E-state index contributed by atoms with van der Waals surface area (Å²) in [5.41, 5.74) is 0.620. The van der Waals surface area contributed by atoms with Crippen LogP contribution in [-0.4, -0.2) is 0 Å². The summed E-state index contributed by atoms with van der Waals surface area (Å²) < 4.78 is 32.4. The van der Waals surface area contributed by atoms with Crippen LogP contribution in [-0.2, 0) is 0 Å². The number of benzene rings is 2. The lowest BCUT2D eigenvalue weighted by Crippen LogP contribution is -1.94. The van der Waals surface area contributed by atoms with E-state index in [2.05, 4.69) is 0 Å². The number of rotatable bonds is 3. The Hall–Kier alpha value is -1.61. The minimum atomic E-state index is -0.571. The molecule has 19 heavy (non-hydrogen) atoms. The molecule has 0 radical (unpaired) electrons. The van der Waals surface area contributed by atoms with Gasteiger partial charge in [-0.2, -0.15) is 0 Å². The molecule has 2 rings (SSSR count). The summed E-state index contributed by atoms with van der Waals surface area (Å²) in [5, 5.41) is 0.0219. The van der Waals surface area contributed by atoms with Gasteiger partial charge in [-0.3, -0.25) is 0 Å². The van der Waals surface area contributed by atoms with Crippen molar-refractivity contribution < 1.29 is 13.5 Å². The molecule has 2 aromatic rings. The molecule has 4 heteroatoms. The molecular formula is C15H13ClF2O. The van der Waals surface area contributed by atoms with Gasteiger partial charge in [0.1, 0.15) is 23.1 Å². The Morgan fingerprint density at radius 3 is 2.05 bits per heavy atom. The Labute approximate surface area is 115 Å². The van der Waals surface area contributed by atoms with Crippen LogP contribution in [0.1, 0.15) is 25.3 Å². The van der Waals surface area contributed by atoms with Gasteiger partial charge in [0.05, 0.1) is 5.02 Å². The van der Waals surface area contributed by atoms with Crippen LogP contribution < -0.4 is 4.74 Å². The van der Waals surface area contributed by atoms with Gasteiger partial charge >= 0.3 is 0 Å². The van der Waals surface area contributed by atoms with E-state index in [1.165, 1.54) is 18.2 Å². The summed E-state index contributed by atoms with van der Waals surface area (Å²) in [7, 11) is 0. The molecule has 0 aliphatic carbocycles. The van der Waals surface area contributed by atoms with Gasteiger partial charge in [-0.15, -0.1) is 0 Å². The molecule has 1 nitrogen and oxygen atoms in total. The molecule has 0 aliphatic heterocycles. The topological polar surface area (TPSA) is 9.23 Å². The van der Waals surface area contributed by atoms with Gasteiger partial charge in [-0.1, -0.05) is 31.5 Å². The first-order valence-electron chi connectivity index (χ1n) is 5.89. The summed E-state index contributed by atoms with van der Waals surface area (Å²) >= 11 is 5.57. The van der Waals surface area contributed by atoms with Gasteiger partial charge in [0.2, 0.25) is 0 Å². The zero-order valence-electron chi connectivity index (χ0n) is 10.6. The van der Waals surface area contributed by atoms with Crippen LogP contribution in [0, 0.1) is 11.6 Å². The molecule has 0 spiro atoms. The average Bonchev–Trinajstić information content (AvgIpc) is 2.33. The van der Waals surface area contributed by atoms with Crippen molar-refractivity contribution in [2.75, 3.05) is 0 Å². The van der Waals surface area contributed by atoms with Crippen molar-refractivity contribution in [3.63, 3.8) is 0 Å². The van der Waals surface area contributed by atoms with Crippen molar-refractivity contribution in [2.45, 2.75) is 19.8 Å². The Kier molecular flexibility index (Phi) is 4.05. The molecule has 0 N–H and O–H groups in total. The van der Waals surface area contributed by atoms with Gasteiger partial charge in [-0.05, 0) is 29.7 Å². The highest BCUT2D eigenvalue weighted by Gasteiger charge is 2.09. The third-order valence-corrected chi connectivity index (χ3v) is 3.03. The van der Waals surface area contributed by atoms with Gasteiger partial charge in [0, 0.05) is 12.1 Å². The Morgan fingerprint density at radius 2 is 1.53 bits per heavy atom. The van der Waals surface area contributed by atoms with E-state index in [0.29, 0.717) is 11.3 Å². The maximum atomic E-state index is 13.8. The predicted molar refractivity (Wildman–Crippen MR) is 72.0 cm³/mol. The lowest BCUT2D eigenvalue weighted by Gasteiger charge is -2.10. The summed E-state index contributed by atoms with van der Waals surface area (Å²) in [5.74, 6) is -0.204. The maximum absolute atomic E-state index is 13.8. The highest BCUT2D eigenvalue weighted by Crippen LogP contribution is 2.28. The fourth-order valence-corrected chi connectivity index (χ4v) is 1.83. The number of ether oxygens (including phenoxy) is 1. The number of halogens is 3. The highest BCUT2D eigenvalue weighted by atomic mass is 35.5. The highest BCUT2D eigenvalue weighted by molar-refractivity contribution is 6.30. The Bertz CT molecular complexity index is 597. The van der Waals surface area contributed by atoms with Crippen molar-refractivity contribution in [1.29, 1.82) is 0 Å². The minimum absolute atomic E-state index is 0.0219. The average molecular weight is 283 g/mol. The fourth-order valence-electron chi connectivity index (χ4n) is 1.72. The number of hydrogen-bond acceptors (Lipinski definition) is 1. The quantitative estimate of drug-likeness (QED) is 0.719. The van der Waals surface area contributed by atoms with Crippen molar-refractivity contribution in [3.05, 3.63) is 58.6 Å². The summed E-state index contributed by atoms with van der Waals surface area (Å²) in [6.45, 7) is 3.82. The molecule has 0 unspecified atom stereocenters. The van der Waals surface area contributed by atoms with Crippen LogP contribution in [0.5, 0.6) is 11.5 Å². The van der Waals surface area contributed by atoms with E-state index in [-0.39, 0.29) is 22.5 Å². The molecular weight excluding hydrogens is 270 g/mol. The smallest absolute Gasteiger partial charge is 0.145 e. The van der Waals surface area contributed by atoms with E-state index < -0.39 is 5.82 Å². The standard InChI is InChI=1S/C15H13ClF2O/c1-9(2)12-5-3-10(7-14(12)17)19-11-4-6-13(16)15(18)8-11/h3-9H,1-2H3. The van der Waals surface area contributed by atoms with Crippen molar-refractivity contribution in [3.8, 4) is 11.5 Å². The van der Waals surface area contributed by atoms with Gasteiger partial charge in [0.15, 0.2) is 0 Å². The van der Waals surface area contributed by atoms with E-state index in [0.717, 1.165) is 6.07 Å². The number of hydrogen-bond donors (Lipinski definition) is 0. The first-order valence-corrected chi connectivity index (χ1v) is 6.27. The SMILES string of the molecule is CC(C)c1ccc(Oc2ccc(Cl)c(F)c2)cc1F. The molecule has 0 atom stereocenters. The Morgan fingerprint density at radius 1 is 0.947 bits per heavy atom. The maximum Gasteiger partial charge on any atom is 0.145 e. The molecule has 0 heterocycles. The first-order chi connectivity index (χ1) is 8.97. The Balaban J connectivity index is 2.24. The van der Waals surface area contributed by atoms with E-state index in [1.54, 1.807) is 12.1 Å². The van der Waals surface area contributed by atoms with Gasteiger partial charge in [-0.25, -0.2) is 8.78 Å². The van der Waals surface area contributed by atoms with E-state index >= 15 is 0 Å². The molecule has 0 bridgehead atoms. The van der Waals surface area contributed by atoms with Crippen LogP contribution in [0.3, 0.4) is 0 Å². The normalized spacial score (nSPS) is 10.8. The van der Waals surface area contributed by atoms with Crippen molar-refractivity contribution in [2.24, 2.45) is 0 Å². The van der Waals surface area contributed by atoms with Crippen molar-refractivity contribution in [1.82, 2.24) is 0 Å². The molecule has 0 aliphatic rings. The molecule has 2 aromatic carbocycles. The van der Waals surface area contributed by atoms with Crippen LogP contribution >= 0.6 is 11.6 Å². The lowest BCUT2D eigenvalue weighted by molar-refractivity contribution is 0.469.